The Balaban J connectivity index is 1.95. The van der Waals surface area contributed by atoms with Gasteiger partial charge in [0.15, 0.2) is 0 Å². The molecule has 0 atom stereocenters. The molecule has 0 radical (unpaired) electrons. The number of hydrogen-bond donors (Lipinski definition) is 1. The van der Waals surface area contributed by atoms with Gasteiger partial charge in [0.2, 0.25) is 5.82 Å². The van der Waals surface area contributed by atoms with Gasteiger partial charge in [0, 0.05) is 11.8 Å². The van der Waals surface area contributed by atoms with Crippen LogP contribution in [0.2, 0.25) is 0 Å². The van der Waals surface area contributed by atoms with Crippen LogP contribution in [-0.2, 0) is 0 Å². The molecule has 20 heavy (non-hydrogen) atoms. The third kappa shape index (κ3) is 2.20. The van der Waals surface area contributed by atoms with Crippen molar-refractivity contribution in [3.63, 3.8) is 0 Å². The van der Waals surface area contributed by atoms with Gasteiger partial charge in [-0.05, 0) is 24.3 Å². The Morgan fingerprint density at radius 2 is 2.10 bits per heavy atom. The fourth-order valence-corrected chi connectivity index (χ4v) is 1.68. The molecule has 0 bridgehead atoms. The average molecular weight is 264 g/mol. The van der Waals surface area contributed by atoms with E-state index in [9.17, 15) is 5.11 Å². The fourth-order valence-electron chi connectivity index (χ4n) is 1.68. The van der Waals surface area contributed by atoms with Crippen LogP contribution >= 0.6 is 0 Å². The standard InChI is InChI=1S/C14H8N4O2/c15-7-9-4-5-12(16-8-9)14-17-13(18-20-14)10-2-1-3-11(19)6-10/h1-6,8,19H. The van der Waals surface area contributed by atoms with Crippen molar-refractivity contribution in [1.82, 2.24) is 15.1 Å². The van der Waals surface area contributed by atoms with E-state index in [1.807, 2.05) is 6.07 Å². The van der Waals surface area contributed by atoms with Crippen LogP contribution in [0.5, 0.6) is 5.75 Å². The molecule has 3 aromatic rings. The highest BCUT2D eigenvalue weighted by atomic mass is 16.5. The summed E-state index contributed by atoms with van der Waals surface area (Å²) in [7, 11) is 0. The number of phenols is 1. The largest absolute Gasteiger partial charge is 0.508 e. The molecule has 0 saturated heterocycles. The van der Waals surface area contributed by atoms with E-state index in [0.717, 1.165) is 0 Å². The zero-order chi connectivity index (χ0) is 13.9. The zero-order valence-corrected chi connectivity index (χ0v) is 10.2. The maximum Gasteiger partial charge on any atom is 0.276 e. The first kappa shape index (κ1) is 11.9. The Labute approximate surface area is 114 Å². The predicted molar refractivity (Wildman–Crippen MR) is 69.3 cm³/mol. The van der Waals surface area contributed by atoms with E-state index in [2.05, 4.69) is 15.1 Å². The van der Waals surface area contributed by atoms with Crippen molar-refractivity contribution in [2.24, 2.45) is 0 Å². The van der Waals surface area contributed by atoms with Gasteiger partial charge in [-0.3, -0.25) is 0 Å². The van der Waals surface area contributed by atoms with Crippen molar-refractivity contribution in [2.75, 3.05) is 0 Å². The lowest BCUT2D eigenvalue weighted by Crippen LogP contribution is -1.85. The molecule has 2 heterocycles. The number of hydrogen-bond acceptors (Lipinski definition) is 6. The van der Waals surface area contributed by atoms with Gasteiger partial charge in [0.05, 0.1) is 5.56 Å². The van der Waals surface area contributed by atoms with Crippen LogP contribution in [0.4, 0.5) is 0 Å². The van der Waals surface area contributed by atoms with Crippen LogP contribution in [0.3, 0.4) is 0 Å². The van der Waals surface area contributed by atoms with Crippen molar-refractivity contribution in [2.45, 2.75) is 0 Å². The second-order valence-corrected chi connectivity index (χ2v) is 4.02. The van der Waals surface area contributed by atoms with E-state index in [-0.39, 0.29) is 11.6 Å². The predicted octanol–water partition coefficient (Wildman–Crippen LogP) is 2.38. The maximum atomic E-state index is 9.43. The molecular weight excluding hydrogens is 256 g/mol. The van der Waals surface area contributed by atoms with Gasteiger partial charge in [0.25, 0.3) is 5.89 Å². The van der Waals surface area contributed by atoms with Crippen LogP contribution in [0.25, 0.3) is 23.0 Å². The molecule has 0 aliphatic rings. The fraction of sp³-hybridized carbons (Fsp3) is 0. The molecule has 0 fully saturated rings. The summed E-state index contributed by atoms with van der Waals surface area (Å²) < 4.78 is 5.13. The summed E-state index contributed by atoms with van der Waals surface area (Å²) in [4.78, 5) is 8.29. The molecule has 1 N–H and O–H groups in total. The van der Waals surface area contributed by atoms with E-state index in [1.165, 1.54) is 6.20 Å². The van der Waals surface area contributed by atoms with Crippen molar-refractivity contribution in [3.05, 3.63) is 48.2 Å². The average Bonchev–Trinajstić information content (AvgIpc) is 2.97. The molecule has 0 saturated carbocycles. The van der Waals surface area contributed by atoms with Crippen molar-refractivity contribution in [3.8, 4) is 34.8 Å². The summed E-state index contributed by atoms with van der Waals surface area (Å²) >= 11 is 0. The number of rotatable bonds is 2. The highest BCUT2D eigenvalue weighted by Crippen LogP contribution is 2.23. The Kier molecular flexibility index (Phi) is 2.86. The summed E-state index contributed by atoms with van der Waals surface area (Å²) in [6.07, 6.45) is 1.44. The summed E-state index contributed by atoms with van der Waals surface area (Å²) in [5.41, 5.74) is 1.60. The molecule has 0 amide bonds. The molecule has 2 aromatic heterocycles. The molecule has 1 aromatic carbocycles. The molecule has 0 spiro atoms. The molecule has 0 unspecified atom stereocenters. The molecular formula is C14H8N4O2. The number of phenolic OH excluding ortho intramolecular Hbond substituents is 1. The Hall–Kier alpha value is -3.20. The van der Waals surface area contributed by atoms with Gasteiger partial charge >= 0.3 is 0 Å². The van der Waals surface area contributed by atoms with Crippen LogP contribution in [0.1, 0.15) is 5.56 Å². The van der Waals surface area contributed by atoms with Crippen LogP contribution in [0.15, 0.2) is 47.1 Å². The summed E-state index contributed by atoms with van der Waals surface area (Å²) in [5.74, 6) is 0.750. The van der Waals surface area contributed by atoms with Gasteiger partial charge < -0.3 is 9.63 Å². The SMILES string of the molecule is N#Cc1ccc(-c2nc(-c3cccc(O)c3)no2)nc1. The molecule has 3 rings (SSSR count). The highest BCUT2D eigenvalue weighted by Gasteiger charge is 2.11. The van der Waals surface area contributed by atoms with E-state index < -0.39 is 0 Å². The number of aromatic hydroxyl groups is 1. The number of nitriles is 1. The molecule has 6 nitrogen and oxygen atoms in total. The minimum atomic E-state index is 0.130. The van der Waals surface area contributed by atoms with Crippen LogP contribution in [-0.4, -0.2) is 20.2 Å². The van der Waals surface area contributed by atoms with E-state index in [1.54, 1.807) is 36.4 Å². The normalized spacial score (nSPS) is 10.2. The Bertz CT molecular complexity index is 787. The van der Waals surface area contributed by atoms with E-state index in [4.69, 9.17) is 9.78 Å². The minimum Gasteiger partial charge on any atom is -0.508 e. The number of pyridine rings is 1. The first-order valence-corrected chi connectivity index (χ1v) is 5.76. The van der Waals surface area contributed by atoms with Crippen molar-refractivity contribution in [1.29, 1.82) is 5.26 Å². The lowest BCUT2D eigenvalue weighted by Gasteiger charge is -1.94. The zero-order valence-electron chi connectivity index (χ0n) is 10.2. The molecule has 6 heteroatoms. The highest BCUT2D eigenvalue weighted by molar-refractivity contribution is 5.59. The lowest BCUT2D eigenvalue weighted by molar-refractivity contribution is 0.431. The number of benzene rings is 1. The summed E-state index contributed by atoms with van der Waals surface area (Å²) in [6.45, 7) is 0. The molecule has 0 aliphatic heterocycles. The van der Waals surface area contributed by atoms with Crippen molar-refractivity contribution < 1.29 is 9.63 Å². The van der Waals surface area contributed by atoms with Crippen LogP contribution < -0.4 is 0 Å². The topological polar surface area (TPSA) is 95.8 Å². The first-order chi connectivity index (χ1) is 9.76. The third-order valence-electron chi connectivity index (χ3n) is 2.64. The van der Waals surface area contributed by atoms with Gasteiger partial charge in [-0.2, -0.15) is 10.2 Å². The van der Waals surface area contributed by atoms with Gasteiger partial charge in [0.1, 0.15) is 17.5 Å². The van der Waals surface area contributed by atoms with E-state index in [0.29, 0.717) is 22.6 Å². The molecule has 0 aliphatic carbocycles. The minimum absolute atomic E-state index is 0.130. The first-order valence-electron chi connectivity index (χ1n) is 5.76. The lowest BCUT2D eigenvalue weighted by atomic mass is 10.2. The smallest absolute Gasteiger partial charge is 0.276 e. The monoisotopic (exact) mass is 264 g/mol. The Morgan fingerprint density at radius 3 is 2.80 bits per heavy atom. The van der Waals surface area contributed by atoms with Crippen molar-refractivity contribution >= 4 is 0 Å². The third-order valence-corrected chi connectivity index (χ3v) is 2.64. The maximum absolute atomic E-state index is 9.43. The van der Waals surface area contributed by atoms with Crippen LogP contribution in [0, 0.1) is 11.3 Å². The number of aromatic nitrogens is 3. The van der Waals surface area contributed by atoms with E-state index >= 15 is 0 Å². The second kappa shape index (κ2) is 4.82. The van der Waals surface area contributed by atoms with Gasteiger partial charge in [-0.25, -0.2) is 4.98 Å². The van der Waals surface area contributed by atoms with Gasteiger partial charge in [-0.15, -0.1) is 0 Å². The second-order valence-electron chi connectivity index (χ2n) is 4.02. The molecule has 96 valence electrons. The quantitative estimate of drug-likeness (QED) is 0.763. The Morgan fingerprint density at radius 1 is 1.20 bits per heavy atom. The summed E-state index contributed by atoms with van der Waals surface area (Å²) in [5, 5.41) is 22.0. The summed E-state index contributed by atoms with van der Waals surface area (Å²) in [6, 6.07) is 11.8. The number of nitrogens with zero attached hydrogens (tertiary/aromatic N) is 4. The van der Waals surface area contributed by atoms with Gasteiger partial charge in [-0.1, -0.05) is 17.3 Å².